The van der Waals surface area contributed by atoms with Crippen molar-refractivity contribution in [2.75, 3.05) is 0 Å². The van der Waals surface area contributed by atoms with Crippen LogP contribution < -0.4 is 9.72 Å². The number of nitrogens with zero attached hydrogens (tertiary/aromatic N) is 1. The Bertz CT molecular complexity index is 920. The number of carbonyl (C=O) groups is 1. The third-order valence-corrected chi connectivity index (χ3v) is 5.25. The fraction of sp³-hybridized carbons (Fsp3) is 0.300. The van der Waals surface area contributed by atoms with E-state index in [4.69, 9.17) is 0 Å². The second-order valence-electron chi connectivity index (χ2n) is 7.02. The number of hydrogen-bond donors (Lipinski definition) is 2. The maximum atomic E-state index is 13.0. The number of fused-ring (bicyclic) bond motifs is 1. The maximum absolute atomic E-state index is 13.0. The lowest BCUT2D eigenvalue weighted by Gasteiger charge is -2.16. The highest BCUT2D eigenvalue weighted by molar-refractivity contribution is 5.98. The Morgan fingerprint density at radius 3 is 2.54 bits per heavy atom. The summed E-state index contributed by atoms with van der Waals surface area (Å²) in [6.07, 6.45) is 6.45. The Hall–Kier alpha value is -2.62. The quantitative estimate of drug-likeness (QED) is 0.714. The van der Waals surface area contributed by atoms with E-state index in [2.05, 4.69) is 26.8 Å². The SMILES string of the molecule is O=C(NC1(c2ccccc2)CC1)c1[nH]c(C2CC2)[n+]2ccccc12. The van der Waals surface area contributed by atoms with Gasteiger partial charge in [0.15, 0.2) is 5.52 Å². The van der Waals surface area contributed by atoms with Gasteiger partial charge >= 0.3 is 0 Å². The zero-order chi connectivity index (χ0) is 16.1. The number of aromatic amines is 1. The molecule has 2 saturated carbocycles. The molecule has 0 atom stereocenters. The van der Waals surface area contributed by atoms with E-state index >= 15 is 0 Å². The Morgan fingerprint density at radius 1 is 1.08 bits per heavy atom. The van der Waals surface area contributed by atoms with Gasteiger partial charge in [-0.25, -0.2) is 4.98 Å². The highest BCUT2D eigenvalue weighted by Crippen LogP contribution is 2.45. The van der Waals surface area contributed by atoms with Crippen LogP contribution in [-0.2, 0) is 5.54 Å². The van der Waals surface area contributed by atoms with Crippen LogP contribution in [0.15, 0.2) is 54.7 Å². The summed E-state index contributed by atoms with van der Waals surface area (Å²) in [7, 11) is 0. The molecule has 4 heteroatoms. The minimum Gasteiger partial charge on any atom is -0.339 e. The van der Waals surface area contributed by atoms with Crippen molar-refractivity contribution in [3.8, 4) is 0 Å². The van der Waals surface area contributed by atoms with Crippen LogP contribution in [-0.4, -0.2) is 10.9 Å². The van der Waals surface area contributed by atoms with Crippen molar-refractivity contribution < 1.29 is 9.20 Å². The van der Waals surface area contributed by atoms with Gasteiger partial charge in [0.2, 0.25) is 5.69 Å². The van der Waals surface area contributed by atoms with E-state index in [-0.39, 0.29) is 11.4 Å². The van der Waals surface area contributed by atoms with Crippen LogP contribution in [0.1, 0.15) is 53.5 Å². The fourth-order valence-corrected chi connectivity index (χ4v) is 3.59. The summed E-state index contributed by atoms with van der Waals surface area (Å²) in [5, 5.41) is 3.28. The first-order chi connectivity index (χ1) is 11.8. The highest BCUT2D eigenvalue weighted by atomic mass is 16.2. The van der Waals surface area contributed by atoms with Gasteiger partial charge in [-0.05, 0) is 43.4 Å². The number of nitrogens with one attached hydrogen (secondary N) is 2. The molecule has 0 aliphatic heterocycles. The molecule has 2 aliphatic carbocycles. The summed E-state index contributed by atoms with van der Waals surface area (Å²) in [4.78, 5) is 16.4. The van der Waals surface area contributed by atoms with Gasteiger partial charge in [0.05, 0.1) is 17.7 Å². The summed E-state index contributed by atoms with van der Waals surface area (Å²) < 4.78 is 2.13. The topological polar surface area (TPSA) is 49.0 Å². The van der Waals surface area contributed by atoms with Crippen LogP contribution in [0.4, 0.5) is 0 Å². The molecule has 0 radical (unpaired) electrons. The second kappa shape index (κ2) is 4.94. The number of H-pyrrole nitrogens is 1. The number of benzene rings is 1. The number of pyridine rings is 1. The predicted molar refractivity (Wildman–Crippen MR) is 90.7 cm³/mol. The van der Waals surface area contributed by atoms with Crippen LogP contribution in [0, 0.1) is 0 Å². The van der Waals surface area contributed by atoms with Crippen LogP contribution in [0.2, 0.25) is 0 Å². The standard InChI is InChI=1S/C20H19N3O/c24-19(22-20(11-12-20)15-6-2-1-3-7-15)17-16-8-4-5-13-23(16)18(21-17)14-9-10-14/h1-8,13-14H,9-12H2,(H,22,24)/p+1. The van der Waals surface area contributed by atoms with Gasteiger partial charge in [-0.3, -0.25) is 4.79 Å². The summed E-state index contributed by atoms with van der Waals surface area (Å²) in [6, 6.07) is 16.3. The molecular formula is C20H20N3O+. The van der Waals surface area contributed by atoms with Crippen LogP contribution in [0.3, 0.4) is 0 Å². The Labute approximate surface area is 140 Å². The van der Waals surface area contributed by atoms with Crippen LogP contribution in [0.25, 0.3) is 5.52 Å². The number of hydrogen-bond acceptors (Lipinski definition) is 1. The van der Waals surface area contributed by atoms with E-state index in [1.807, 2.05) is 42.6 Å². The summed E-state index contributed by atoms with van der Waals surface area (Å²) in [5.74, 6) is 1.71. The Morgan fingerprint density at radius 2 is 1.83 bits per heavy atom. The summed E-state index contributed by atoms with van der Waals surface area (Å²) in [6.45, 7) is 0. The molecule has 0 bridgehead atoms. The van der Waals surface area contributed by atoms with Crippen LogP contribution in [0.5, 0.6) is 0 Å². The first kappa shape index (κ1) is 13.8. The van der Waals surface area contributed by atoms with Gasteiger partial charge in [0.1, 0.15) is 0 Å². The number of amides is 1. The average molecular weight is 318 g/mol. The molecule has 0 spiro atoms. The van der Waals surface area contributed by atoms with Gasteiger partial charge in [0, 0.05) is 0 Å². The van der Waals surface area contributed by atoms with Gasteiger partial charge < -0.3 is 5.32 Å². The Balaban J connectivity index is 1.51. The lowest BCUT2D eigenvalue weighted by Crippen LogP contribution is -2.35. The third-order valence-electron chi connectivity index (χ3n) is 5.25. The monoisotopic (exact) mass is 318 g/mol. The number of imidazole rings is 1. The third kappa shape index (κ3) is 2.13. The zero-order valence-electron chi connectivity index (χ0n) is 13.5. The molecule has 24 heavy (non-hydrogen) atoms. The number of carbonyl (C=O) groups excluding carboxylic acids is 1. The molecule has 3 aromatic rings. The van der Waals surface area contributed by atoms with Crippen molar-refractivity contribution >= 4 is 11.4 Å². The number of aromatic nitrogens is 2. The van der Waals surface area contributed by atoms with Crippen molar-refractivity contribution in [3.05, 3.63) is 71.8 Å². The fourth-order valence-electron chi connectivity index (χ4n) is 3.59. The largest absolute Gasteiger partial charge is 0.339 e. The molecule has 0 unspecified atom stereocenters. The van der Waals surface area contributed by atoms with Crippen molar-refractivity contribution in [2.45, 2.75) is 37.1 Å². The van der Waals surface area contributed by atoms with Crippen molar-refractivity contribution in [1.29, 1.82) is 0 Å². The molecule has 2 N–H and O–H groups in total. The second-order valence-corrected chi connectivity index (χ2v) is 7.02. The summed E-state index contributed by atoms with van der Waals surface area (Å²) in [5.41, 5.74) is 2.65. The normalized spacial score (nSPS) is 18.5. The predicted octanol–water partition coefficient (Wildman–Crippen LogP) is 3.05. The molecule has 2 fully saturated rings. The van der Waals surface area contributed by atoms with E-state index in [9.17, 15) is 4.79 Å². The minimum absolute atomic E-state index is 0.00745. The first-order valence-corrected chi connectivity index (χ1v) is 8.67. The number of rotatable bonds is 4. The summed E-state index contributed by atoms with van der Waals surface area (Å²) >= 11 is 0. The van der Waals surface area contributed by atoms with E-state index < -0.39 is 0 Å². The first-order valence-electron chi connectivity index (χ1n) is 8.67. The van der Waals surface area contributed by atoms with Gasteiger partial charge in [0.25, 0.3) is 11.7 Å². The molecule has 5 rings (SSSR count). The van der Waals surface area contributed by atoms with Crippen LogP contribution >= 0.6 is 0 Å². The molecule has 2 heterocycles. The average Bonchev–Trinajstić information content (AvgIpc) is 3.55. The van der Waals surface area contributed by atoms with E-state index in [0.29, 0.717) is 11.6 Å². The van der Waals surface area contributed by atoms with E-state index in [0.717, 1.165) is 24.2 Å². The van der Waals surface area contributed by atoms with E-state index in [1.165, 1.54) is 18.4 Å². The minimum atomic E-state index is -0.186. The molecule has 1 amide bonds. The molecule has 120 valence electrons. The lowest BCUT2D eigenvalue weighted by molar-refractivity contribution is -0.521. The van der Waals surface area contributed by atoms with Gasteiger partial charge in [-0.2, -0.15) is 4.40 Å². The van der Waals surface area contributed by atoms with Gasteiger partial charge in [-0.1, -0.05) is 36.4 Å². The Kier molecular flexibility index (Phi) is 2.84. The molecule has 2 aromatic heterocycles. The molecule has 4 nitrogen and oxygen atoms in total. The molecule has 2 aliphatic rings. The zero-order valence-corrected chi connectivity index (χ0v) is 13.5. The van der Waals surface area contributed by atoms with Gasteiger partial charge in [-0.15, -0.1) is 0 Å². The van der Waals surface area contributed by atoms with E-state index in [1.54, 1.807) is 0 Å². The maximum Gasteiger partial charge on any atom is 0.296 e. The van der Waals surface area contributed by atoms with Crippen molar-refractivity contribution in [1.82, 2.24) is 10.3 Å². The molecule has 1 aromatic carbocycles. The lowest BCUT2D eigenvalue weighted by atomic mass is 10.0. The molecule has 0 saturated heterocycles. The molecular weight excluding hydrogens is 298 g/mol. The smallest absolute Gasteiger partial charge is 0.296 e. The highest BCUT2D eigenvalue weighted by Gasteiger charge is 2.47. The van der Waals surface area contributed by atoms with Crippen molar-refractivity contribution in [3.63, 3.8) is 0 Å². The van der Waals surface area contributed by atoms with Crippen molar-refractivity contribution in [2.24, 2.45) is 0 Å².